The molecule has 28 heavy (non-hydrogen) atoms. The minimum absolute atomic E-state index is 0.360. The van der Waals surface area contributed by atoms with Crippen LogP contribution in [0, 0.1) is 0 Å². The van der Waals surface area contributed by atoms with Crippen molar-refractivity contribution in [2.75, 3.05) is 6.61 Å². The number of pyridine rings is 1. The summed E-state index contributed by atoms with van der Waals surface area (Å²) in [6, 6.07) is 14.6. The largest absolute Gasteiger partial charge is 0.481 e. The zero-order valence-corrected chi connectivity index (χ0v) is 14.8. The zero-order valence-electron chi connectivity index (χ0n) is 14.8. The maximum atomic E-state index is 12.1. The minimum Gasteiger partial charge on any atom is -0.481 e. The number of ether oxygens (including phenoxy) is 1. The van der Waals surface area contributed by atoms with Crippen LogP contribution in [-0.2, 0) is 11.3 Å². The molecule has 4 rings (SSSR count). The van der Waals surface area contributed by atoms with Crippen molar-refractivity contribution >= 4 is 33.7 Å². The number of fused-ring (bicyclic) bond motifs is 3. The van der Waals surface area contributed by atoms with Crippen LogP contribution in [0.4, 0.5) is 0 Å². The van der Waals surface area contributed by atoms with Crippen LogP contribution in [0.2, 0.25) is 0 Å². The van der Waals surface area contributed by atoms with Gasteiger partial charge in [0.25, 0.3) is 0 Å². The highest BCUT2D eigenvalue weighted by molar-refractivity contribution is 6.19. The van der Waals surface area contributed by atoms with E-state index < -0.39 is 18.5 Å². The fraction of sp³-hybridized carbons (Fsp3) is 0.0952. The van der Waals surface area contributed by atoms with Gasteiger partial charge in [-0.3, -0.25) is 9.78 Å². The number of carbonyl (C=O) groups excluding carboxylic acids is 1. The quantitative estimate of drug-likeness (QED) is 0.539. The van der Waals surface area contributed by atoms with Crippen molar-refractivity contribution in [1.82, 2.24) is 9.55 Å². The molecule has 3 N–H and O–H groups in total. The second-order valence-electron chi connectivity index (χ2n) is 6.34. The van der Waals surface area contributed by atoms with E-state index in [1.165, 1.54) is 0 Å². The maximum absolute atomic E-state index is 12.1. The fourth-order valence-electron chi connectivity index (χ4n) is 3.46. The molecule has 0 saturated heterocycles. The van der Waals surface area contributed by atoms with Crippen LogP contribution in [0.1, 0.15) is 15.9 Å². The van der Waals surface area contributed by atoms with Crippen LogP contribution < -0.4 is 10.5 Å². The number of amides is 1. The number of nitrogens with two attached hydrogens (primary N) is 1. The Hall–Kier alpha value is -3.87. The first-order chi connectivity index (χ1) is 13.6. The molecular formula is C21H17N3O4. The maximum Gasteiger partial charge on any atom is 0.341 e. The molecule has 4 aromatic rings. The molecule has 0 unspecified atom stereocenters. The van der Waals surface area contributed by atoms with Gasteiger partial charge in [0, 0.05) is 29.9 Å². The Morgan fingerprint density at radius 1 is 1.04 bits per heavy atom. The van der Waals surface area contributed by atoms with Gasteiger partial charge in [-0.1, -0.05) is 18.2 Å². The Bertz CT molecular complexity index is 1200. The molecule has 2 aromatic heterocycles. The molecule has 0 saturated carbocycles. The molecule has 7 heteroatoms. The second-order valence-corrected chi connectivity index (χ2v) is 6.34. The minimum atomic E-state index is -1.08. The summed E-state index contributed by atoms with van der Waals surface area (Å²) in [4.78, 5) is 27.2. The topological polar surface area (TPSA) is 107 Å². The Labute approximate surface area is 160 Å². The van der Waals surface area contributed by atoms with Crippen molar-refractivity contribution in [3.63, 3.8) is 0 Å². The fourth-order valence-corrected chi connectivity index (χ4v) is 3.46. The van der Waals surface area contributed by atoms with Crippen LogP contribution in [-0.4, -0.2) is 33.1 Å². The van der Waals surface area contributed by atoms with E-state index >= 15 is 0 Å². The molecule has 0 spiro atoms. The third kappa shape index (κ3) is 3.03. The standard InChI is InChI=1S/C21H17N3O4/c22-21(27)14-5-1-6-15-19(14)20-16(7-2-8-17(20)28-12-18(25)26)24(15)11-13-4-3-9-23-10-13/h1-10H,11-12H2,(H2,22,27)(H,25,26). The van der Waals surface area contributed by atoms with Gasteiger partial charge in [0.15, 0.2) is 6.61 Å². The van der Waals surface area contributed by atoms with Gasteiger partial charge in [0.2, 0.25) is 5.91 Å². The van der Waals surface area contributed by atoms with Gasteiger partial charge in [0.1, 0.15) is 5.75 Å². The first kappa shape index (κ1) is 17.5. The van der Waals surface area contributed by atoms with Gasteiger partial charge < -0.3 is 20.1 Å². The number of hydrogen-bond donors (Lipinski definition) is 2. The van der Waals surface area contributed by atoms with Gasteiger partial charge in [-0.15, -0.1) is 0 Å². The van der Waals surface area contributed by atoms with E-state index in [2.05, 4.69) is 4.98 Å². The predicted molar refractivity (Wildman–Crippen MR) is 104 cm³/mol. The Kier molecular flexibility index (Phi) is 4.41. The number of aromatic nitrogens is 2. The molecule has 2 aromatic carbocycles. The number of primary amides is 1. The summed E-state index contributed by atoms with van der Waals surface area (Å²) in [5.74, 6) is -1.24. The van der Waals surface area contributed by atoms with Gasteiger partial charge in [-0.2, -0.15) is 0 Å². The van der Waals surface area contributed by atoms with E-state index in [0.717, 1.165) is 16.6 Å². The summed E-state index contributed by atoms with van der Waals surface area (Å²) >= 11 is 0. The summed E-state index contributed by atoms with van der Waals surface area (Å²) < 4.78 is 7.55. The van der Waals surface area contributed by atoms with Gasteiger partial charge in [-0.05, 0) is 35.9 Å². The molecule has 1 amide bonds. The average Bonchev–Trinajstić information content (AvgIpc) is 3.01. The monoisotopic (exact) mass is 375 g/mol. The van der Waals surface area contributed by atoms with E-state index in [4.69, 9.17) is 15.6 Å². The summed E-state index contributed by atoms with van der Waals surface area (Å²) in [5.41, 5.74) is 8.58. The Morgan fingerprint density at radius 2 is 1.79 bits per heavy atom. The number of aliphatic carboxylic acids is 1. The lowest BCUT2D eigenvalue weighted by Crippen LogP contribution is -2.11. The van der Waals surface area contributed by atoms with Gasteiger partial charge in [-0.25, -0.2) is 4.79 Å². The van der Waals surface area contributed by atoms with Crippen molar-refractivity contribution in [3.8, 4) is 5.75 Å². The number of carboxylic acid groups (broad SMARTS) is 1. The molecule has 0 fully saturated rings. The summed E-state index contributed by atoms with van der Waals surface area (Å²) in [6.07, 6.45) is 3.48. The van der Waals surface area contributed by atoms with Crippen molar-refractivity contribution in [2.45, 2.75) is 6.54 Å². The summed E-state index contributed by atoms with van der Waals surface area (Å²) in [6.45, 7) is 0.0472. The molecule has 0 aliphatic rings. The highest BCUT2D eigenvalue weighted by atomic mass is 16.5. The molecule has 0 aliphatic heterocycles. The Balaban J connectivity index is 2.03. The third-order valence-corrected chi connectivity index (χ3v) is 4.56. The molecule has 140 valence electrons. The summed E-state index contributed by atoms with van der Waals surface area (Å²) in [5, 5.41) is 10.3. The highest BCUT2D eigenvalue weighted by Crippen LogP contribution is 2.38. The number of benzene rings is 2. The van der Waals surface area contributed by atoms with E-state index in [1.807, 2.05) is 28.8 Å². The van der Waals surface area contributed by atoms with E-state index in [-0.39, 0.29) is 0 Å². The van der Waals surface area contributed by atoms with E-state index in [0.29, 0.717) is 28.6 Å². The molecule has 0 atom stereocenters. The SMILES string of the molecule is NC(=O)c1cccc2c1c1c(OCC(=O)O)cccc1n2Cc1cccnc1. The van der Waals surface area contributed by atoms with Gasteiger partial charge in [0.05, 0.1) is 16.4 Å². The lowest BCUT2D eigenvalue weighted by Gasteiger charge is -2.08. The van der Waals surface area contributed by atoms with Crippen molar-refractivity contribution in [3.05, 3.63) is 72.1 Å². The second kappa shape index (κ2) is 7.03. The van der Waals surface area contributed by atoms with E-state index in [1.54, 1.807) is 36.7 Å². The first-order valence-corrected chi connectivity index (χ1v) is 8.63. The van der Waals surface area contributed by atoms with Crippen molar-refractivity contribution < 1.29 is 19.4 Å². The number of hydrogen-bond acceptors (Lipinski definition) is 4. The lowest BCUT2D eigenvalue weighted by molar-refractivity contribution is -0.139. The first-order valence-electron chi connectivity index (χ1n) is 8.63. The lowest BCUT2D eigenvalue weighted by atomic mass is 10.1. The smallest absolute Gasteiger partial charge is 0.341 e. The third-order valence-electron chi connectivity index (χ3n) is 4.56. The number of nitrogens with zero attached hydrogens (tertiary/aromatic N) is 2. The van der Waals surface area contributed by atoms with E-state index in [9.17, 15) is 9.59 Å². The molecule has 7 nitrogen and oxygen atoms in total. The van der Waals surface area contributed by atoms with Crippen molar-refractivity contribution in [2.24, 2.45) is 5.73 Å². The molecule has 0 bridgehead atoms. The zero-order chi connectivity index (χ0) is 19.7. The number of carbonyl (C=O) groups is 2. The van der Waals surface area contributed by atoms with Crippen LogP contribution in [0.3, 0.4) is 0 Å². The summed E-state index contributed by atoms with van der Waals surface area (Å²) in [7, 11) is 0. The normalized spacial score (nSPS) is 11.0. The average molecular weight is 375 g/mol. The Morgan fingerprint density at radius 3 is 2.46 bits per heavy atom. The van der Waals surface area contributed by atoms with Crippen LogP contribution in [0.25, 0.3) is 21.8 Å². The van der Waals surface area contributed by atoms with Gasteiger partial charge >= 0.3 is 5.97 Å². The molecular weight excluding hydrogens is 358 g/mol. The highest BCUT2D eigenvalue weighted by Gasteiger charge is 2.20. The van der Waals surface area contributed by atoms with Crippen LogP contribution in [0.5, 0.6) is 5.75 Å². The molecule has 0 radical (unpaired) electrons. The molecule has 2 heterocycles. The number of carboxylic acids is 1. The number of rotatable bonds is 6. The molecule has 0 aliphatic carbocycles. The predicted octanol–water partition coefficient (Wildman–Crippen LogP) is 2.80. The van der Waals surface area contributed by atoms with Crippen molar-refractivity contribution in [1.29, 1.82) is 0 Å². The van der Waals surface area contributed by atoms with Crippen LogP contribution in [0.15, 0.2) is 60.9 Å². The van der Waals surface area contributed by atoms with Crippen LogP contribution >= 0.6 is 0 Å².